The largest absolute Gasteiger partial charge is 0.490 e. The molecule has 0 spiro atoms. The predicted molar refractivity (Wildman–Crippen MR) is 120 cm³/mol. The molecule has 1 fully saturated rings. The van der Waals surface area contributed by atoms with E-state index in [1.54, 1.807) is 13.1 Å². The van der Waals surface area contributed by atoms with Gasteiger partial charge in [-0.15, -0.1) is 0 Å². The summed E-state index contributed by atoms with van der Waals surface area (Å²) in [6, 6.07) is 5.51. The van der Waals surface area contributed by atoms with Crippen molar-refractivity contribution in [1.82, 2.24) is 4.57 Å². The molecular formula is C25H31NO6. The zero-order chi connectivity index (χ0) is 22.8. The van der Waals surface area contributed by atoms with Crippen LogP contribution in [-0.2, 0) is 22.5 Å². The molecule has 172 valence electrons. The van der Waals surface area contributed by atoms with Crippen LogP contribution in [0.25, 0.3) is 11.3 Å². The Hall–Kier alpha value is -2.64. The van der Waals surface area contributed by atoms with E-state index in [2.05, 4.69) is 13.8 Å². The SMILES string of the molecule is CCOC(=O)c1cn2c(cc1=O)-c1cc(CO)c(OC3CCOCC3)cc1CC2C(C)C. The van der Waals surface area contributed by atoms with Crippen LogP contribution in [0.15, 0.2) is 29.2 Å². The molecule has 3 heterocycles. The van der Waals surface area contributed by atoms with Gasteiger partial charge in [-0.2, -0.15) is 0 Å². The van der Waals surface area contributed by atoms with Crippen LogP contribution in [0, 0.1) is 5.92 Å². The van der Waals surface area contributed by atoms with Gasteiger partial charge in [-0.25, -0.2) is 4.79 Å². The number of hydrogen-bond acceptors (Lipinski definition) is 6. The van der Waals surface area contributed by atoms with Crippen molar-refractivity contribution in [3.63, 3.8) is 0 Å². The fourth-order valence-electron chi connectivity index (χ4n) is 4.56. The second-order valence-electron chi connectivity index (χ2n) is 8.78. The van der Waals surface area contributed by atoms with E-state index in [0.717, 1.165) is 36.1 Å². The Morgan fingerprint density at radius 3 is 2.66 bits per heavy atom. The van der Waals surface area contributed by atoms with Crippen LogP contribution in [0.2, 0.25) is 0 Å². The van der Waals surface area contributed by atoms with Crippen molar-refractivity contribution in [2.45, 2.75) is 58.8 Å². The van der Waals surface area contributed by atoms with Gasteiger partial charge in [-0.3, -0.25) is 4.79 Å². The lowest BCUT2D eigenvalue weighted by Crippen LogP contribution is -2.29. The number of pyridine rings is 1. The third kappa shape index (κ3) is 4.32. The lowest BCUT2D eigenvalue weighted by atomic mass is 9.86. The molecule has 0 amide bonds. The quantitative estimate of drug-likeness (QED) is 0.691. The molecule has 1 aromatic heterocycles. The first-order valence-corrected chi connectivity index (χ1v) is 11.4. The van der Waals surface area contributed by atoms with Gasteiger partial charge in [0.15, 0.2) is 5.43 Å². The first kappa shape index (κ1) is 22.6. The number of carbonyl (C=O) groups is 1. The number of aromatic nitrogens is 1. The number of carbonyl (C=O) groups excluding carboxylic acids is 1. The highest BCUT2D eigenvalue weighted by molar-refractivity contribution is 5.89. The van der Waals surface area contributed by atoms with Crippen LogP contribution in [0.5, 0.6) is 5.75 Å². The Kier molecular flexibility index (Phi) is 6.67. The predicted octanol–water partition coefficient (Wildman–Crippen LogP) is 3.50. The standard InChI is InChI=1S/C25H31NO6/c1-4-31-25(29)20-13-26-21(15(2)3)10-16-11-24(32-18-5-7-30-8-6-18)17(14-27)9-19(16)22(26)12-23(20)28/h9,11-13,15,18,21,27H,4-8,10,14H2,1-3H3. The summed E-state index contributed by atoms with van der Waals surface area (Å²) in [5.41, 5.74) is 3.08. The minimum Gasteiger partial charge on any atom is -0.490 e. The number of rotatable bonds is 6. The second kappa shape index (κ2) is 9.46. The van der Waals surface area contributed by atoms with E-state index in [-0.39, 0.29) is 42.3 Å². The summed E-state index contributed by atoms with van der Waals surface area (Å²) in [4.78, 5) is 25.1. The molecule has 0 saturated carbocycles. The molecule has 32 heavy (non-hydrogen) atoms. The minimum atomic E-state index is -0.600. The lowest BCUT2D eigenvalue weighted by Gasteiger charge is -2.34. The maximum Gasteiger partial charge on any atom is 0.343 e. The van der Waals surface area contributed by atoms with Gasteiger partial charge in [0.05, 0.1) is 32.1 Å². The van der Waals surface area contributed by atoms with Crippen LogP contribution in [0.4, 0.5) is 0 Å². The van der Waals surface area contributed by atoms with E-state index in [1.165, 1.54) is 6.07 Å². The number of aliphatic hydroxyl groups excluding tert-OH is 1. The monoisotopic (exact) mass is 441 g/mol. The number of esters is 1. The van der Waals surface area contributed by atoms with E-state index >= 15 is 0 Å². The Balaban J connectivity index is 1.80. The second-order valence-corrected chi connectivity index (χ2v) is 8.78. The van der Waals surface area contributed by atoms with E-state index in [1.807, 2.05) is 16.7 Å². The normalized spacial score (nSPS) is 18.2. The molecular weight excluding hydrogens is 410 g/mol. The maximum atomic E-state index is 12.8. The van der Waals surface area contributed by atoms with Crippen LogP contribution in [0.3, 0.4) is 0 Å². The Bertz CT molecular complexity index is 1050. The van der Waals surface area contributed by atoms with E-state index < -0.39 is 5.97 Å². The summed E-state index contributed by atoms with van der Waals surface area (Å²) < 4.78 is 18.8. The number of fused-ring (bicyclic) bond motifs is 3. The van der Waals surface area contributed by atoms with Crippen LogP contribution in [0.1, 0.15) is 61.1 Å². The van der Waals surface area contributed by atoms with Gasteiger partial charge in [0.25, 0.3) is 0 Å². The number of nitrogens with zero attached hydrogens (tertiary/aromatic N) is 1. The van der Waals surface area contributed by atoms with E-state index in [9.17, 15) is 14.7 Å². The molecule has 0 bridgehead atoms. The highest BCUT2D eigenvalue weighted by Crippen LogP contribution is 2.40. The van der Waals surface area contributed by atoms with Gasteiger partial charge in [0, 0.05) is 42.3 Å². The van der Waals surface area contributed by atoms with Gasteiger partial charge in [-0.1, -0.05) is 13.8 Å². The molecule has 2 aliphatic rings. The smallest absolute Gasteiger partial charge is 0.343 e. The molecule has 2 aromatic rings. The molecule has 1 atom stereocenters. The highest BCUT2D eigenvalue weighted by atomic mass is 16.5. The van der Waals surface area contributed by atoms with E-state index in [4.69, 9.17) is 14.2 Å². The molecule has 7 heteroatoms. The van der Waals surface area contributed by atoms with Crippen molar-refractivity contribution >= 4 is 5.97 Å². The van der Waals surface area contributed by atoms with Crippen LogP contribution < -0.4 is 10.2 Å². The molecule has 4 rings (SSSR count). The first-order chi connectivity index (χ1) is 15.4. The zero-order valence-electron chi connectivity index (χ0n) is 18.9. The topological polar surface area (TPSA) is 87.0 Å². The third-order valence-corrected chi connectivity index (χ3v) is 6.33. The van der Waals surface area contributed by atoms with E-state index in [0.29, 0.717) is 24.5 Å². The Morgan fingerprint density at radius 2 is 2.00 bits per heavy atom. The fraction of sp³-hybridized carbons (Fsp3) is 0.520. The Labute approximate surface area is 187 Å². The van der Waals surface area contributed by atoms with Gasteiger partial charge < -0.3 is 23.9 Å². The van der Waals surface area contributed by atoms with Crippen molar-refractivity contribution in [3.05, 3.63) is 51.3 Å². The molecule has 1 unspecified atom stereocenters. The lowest BCUT2D eigenvalue weighted by molar-refractivity contribution is 0.0247. The van der Waals surface area contributed by atoms with Crippen LogP contribution >= 0.6 is 0 Å². The molecule has 0 radical (unpaired) electrons. The summed E-state index contributed by atoms with van der Waals surface area (Å²) in [6.45, 7) is 7.39. The summed E-state index contributed by atoms with van der Waals surface area (Å²) in [5, 5.41) is 10.0. The molecule has 1 N–H and O–H groups in total. The van der Waals surface area contributed by atoms with Crippen molar-refractivity contribution in [2.24, 2.45) is 5.92 Å². The zero-order valence-corrected chi connectivity index (χ0v) is 18.9. The molecule has 2 aliphatic heterocycles. The summed E-state index contributed by atoms with van der Waals surface area (Å²) in [6.07, 6.45) is 4.09. The minimum absolute atomic E-state index is 0.0477. The third-order valence-electron chi connectivity index (χ3n) is 6.33. The summed E-state index contributed by atoms with van der Waals surface area (Å²) in [5.74, 6) is 0.369. The molecule has 1 saturated heterocycles. The maximum absolute atomic E-state index is 12.8. The Morgan fingerprint density at radius 1 is 1.25 bits per heavy atom. The molecule has 7 nitrogen and oxygen atoms in total. The summed E-state index contributed by atoms with van der Waals surface area (Å²) >= 11 is 0. The van der Waals surface area contributed by atoms with Gasteiger partial charge >= 0.3 is 5.97 Å². The fourth-order valence-corrected chi connectivity index (χ4v) is 4.56. The number of benzene rings is 1. The van der Waals surface area contributed by atoms with Gasteiger partial charge in [0.2, 0.25) is 0 Å². The van der Waals surface area contributed by atoms with Crippen LogP contribution in [-0.4, -0.2) is 41.6 Å². The number of hydrogen-bond donors (Lipinski definition) is 1. The summed E-state index contributed by atoms with van der Waals surface area (Å²) in [7, 11) is 0. The average Bonchev–Trinajstić information content (AvgIpc) is 2.78. The average molecular weight is 442 g/mol. The highest BCUT2D eigenvalue weighted by Gasteiger charge is 2.30. The number of aliphatic hydroxyl groups is 1. The molecule has 0 aliphatic carbocycles. The van der Waals surface area contributed by atoms with Crippen molar-refractivity contribution in [2.75, 3.05) is 19.8 Å². The van der Waals surface area contributed by atoms with Crippen molar-refractivity contribution in [1.29, 1.82) is 0 Å². The van der Waals surface area contributed by atoms with Gasteiger partial charge in [0.1, 0.15) is 17.4 Å². The molecule has 1 aromatic carbocycles. The van der Waals surface area contributed by atoms with Gasteiger partial charge in [-0.05, 0) is 37.0 Å². The first-order valence-electron chi connectivity index (χ1n) is 11.4. The van der Waals surface area contributed by atoms with Crippen molar-refractivity contribution in [3.8, 4) is 17.0 Å². The number of ether oxygens (including phenoxy) is 3. The van der Waals surface area contributed by atoms with Crippen molar-refractivity contribution < 1.29 is 24.1 Å².